The lowest BCUT2D eigenvalue weighted by atomic mass is 9.99. The number of carbonyl (C=O) groups excluding carboxylic acids is 1. The molecule has 3 nitrogen and oxygen atoms in total. The SMILES string of the molecule is O=C(c1ccccc1CCC1OCCCO1)C(F)(F)F. The Bertz CT molecular complexity index is 465. The number of halogens is 3. The van der Waals surface area contributed by atoms with Gasteiger partial charge >= 0.3 is 6.18 Å². The summed E-state index contributed by atoms with van der Waals surface area (Å²) in [4.78, 5) is 11.4. The summed E-state index contributed by atoms with van der Waals surface area (Å²) in [5.41, 5.74) is 0.0726. The van der Waals surface area contributed by atoms with Gasteiger partial charge in [0.05, 0.1) is 13.2 Å². The normalized spacial score (nSPS) is 17.1. The third-order valence-electron chi connectivity index (χ3n) is 3.06. The first-order valence-electron chi connectivity index (χ1n) is 6.41. The number of benzene rings is 1. The summed E-state index contributed by atoms with van der Waals surface area (Å²) < 4.78 is 48.2. The molecule has 1 aromatic rings. The molecule has 0 unspecified atom stereocenters. The van der Waals surface area contributed by atoms with Crippen molar-refractivity contribution in [1.29, 1.82) is 0 Å². The topological polar surface area (TPSA) is 35.5 Å². The predicted octanol–water partition coefficient (Wildman–Crippen LogP) is 3.13. The molecule has 1 aliphatic rings. The Morgan fingerprint density at radius 1 is 1.20 bits per heavy atom. The lowest BCUT2D eigenvalue weighted by Crippen LogP contribution is -2.26. The van der Waals surface area contributed by atoms with Gasteiger partial charge in [0, 0.05) is 12.0 Å². The van der Waals surface area contributed by atoms with E-state index in [1.165, 1.54) is 18.2 Å². The van der Waals surface area contributed by atoms with Crippen LogP contribution in [-0.2, 0) is 15.9 Å². The van der Waals surface area contributed by atoms with Crippen LogP contribution in [0.1, 0.15) is 28.8 Å². The van der Waals surface area contributed by atoms with Gasteiger partial charge in [0.15, 0.2) is 6.29 Å². The lowest BCUT2D eigenvalue weighted by molar-refractivity contribution is -0.180. The lowest BCUT2D eigenvalue weighted by Gasteiger charge is -2.23. The number of aryl methyl sites for hydroxylation is 1. The zero-order chi connectivity index (χ0) is 14.6. The molecule has 0 amide bonds. The van der Waals surface area contributed by atoms with Gasteiger partial charge in [-0.1, -0.05) is 24.3 Å². The Morgan fingerprint density at radius 2 is 1.85 bits per heavy atom. The van der Waals surface area contributed by atoms with Crippen LogP contribution in [0.15, 0.2) is 24.3 Å². The highest BCUT2D eigenvalue weighted by molar-refractivity contribution is 6.01. The Labute approximate surface area is 114 Å². The van der Waals surface area contributed by atoms with Crippen molar-refractivity contribution >= 4 is 5.78 Å². The minimum Gasteiger partial charge on any atom is -0.353 e. The molecule has 1 heterocycles. The fraction of sp³-hybridized carbons (Fsp3) is 0.500. The molecular formula is C14H15F3O3. The van der Waals surface area contributed by atoms with Crippen LogP contribution in [0.3, 0.4) is 0 Å². The molecular weight excluding hydrogens is 273 g/mol. The minimum atomic E-state index is -4.85. The summed E-state index contributed by atoms with van der Waals surface area (Å²) in [6.45, 7) is 1.18. The average Bonchev–Trinajstić information content (AvgIpc) is 2.45. The summed E-state index contributed by atoms with van der Waals surface area (Å²) in [6.07, 6.45) is -3.70. The average molecular weight is 288 g/mol. The molecule has 1 fully saturated rings. The van der Waals surface area contributed by atoms with Gasteiger partial charge in [0.25, 0.3) is 5.78 Å². The molecule has 110 valence electrons. The van der Waals surface area contributed by atoms with Gasteiger partial charge in [-0.2, -0.15) is 13.2 Å². The zero-order valence-corrected chi connectivity index (χ0v) is 10.8. The zero-order valence-electron chi connectivity index (χ0n) is 10.8. The maximum Gasteiger partial charge on any atom is 0.454 e. The van der Waals surface area contributed by atoms with Gasteiger partial charge in [-0.3, -0.25) is 4.79 Å². The Hall–Kier alpha value is -1.40. The first-order chi connectivity index (χ1) is 9.48. The van der Waals surface area contributed by atoms with Gasteiger partial charge in [-0.25, -0.2) is 0 Å². The van der Waals surface area contributed by atoms with E-state index >= 15 is 0 Å². The Morgan fingerprint density at radius 3 is 2.50 bits per heavy atom. The molecule has 1 aromatic carbocycles. The summed E-state index contributed by atoms with van der Waals surface area (Å²) in [5.74, 6) is -1.81. The molecule has 1 saturated heterocycles. The maximum absolute atomic E-state index is 12.5. The van der Waals surface area contributed by atoms with E-state index in [0.717, 1.165) is 6.42 Å². The second-order valence-corrected chi connectivity index (χ2v) is 4.55. The van der Waals surface area contributed by atoms with Crippen molar-refractivity contribution in [2.45, 2.75) is 31.7 Å². The Kier molecular flexibility index (Phi) is 4.77. The summed E-state index contributed by atoms with van der Waals surface area (Å²) in [7, 11) is 0. The van der Waals surface area contributed by atoms with Crippen LogP contribution in [0.4, 0.5) is 13.2 Å². The Balaban J connectivity index is 2.06. The van der Waals surface area contributed by atoms with Crippen LogP contribution in [0.2, 0.25) is 0 Å². The second-order valence-electron chi connectivity index (χ2n) is 4.55. The van der Waals surface area contributed by atoms with Crippen molar-refractivity contribution in [3.05, 3.63) is 35.4 Å². The first kappa shape index (κ1) is 15.0. The number of hydrogen-bond acceptors (Lipinski definition) is 3. The van der Waals surface area contributed by atoms with E-state index in [0.29, 0.717) is 31.6 Å². The smallest absolute Gasteiger partial charge is 0.353 e. The van der Waals surface area contributed by atoms with Crippen LogP contribution in [-0.4, -0.2) is 31.5 Å². The fourth-order valence-electron chi connectivity index (χ4n) is 2.09. The van der Waals surface area contributed by atoms with Crippen molar-refractivity contribution in [3.63, 3.8) is 0 Å². The van der Waals surface area contributed by atoms with E-state index in [1.54, 1.807) is 6.07 Å². The van der Waals surface area contributed by atoms with E-state index in [9.17, 15) is 18.0 Å². The number of alkyl halides is 3. The van der Waals surface area contributed by atoms with E-state index in [-0.39, 0.29) is 5.56 Å². The monoisotopic (exact) mass is 288 g/mol. The molecule has 0 saturated carbocycles. The molecule has 0 spiro atoms. The summed E-state index contributed by atoms with van der Waals surface area (Å²) in [5, 5.41) is 0. The molecule has 6 heteroatoms. The highest BCUT2D eigenvalue weighted by Gasteiger charge is 2.40. The number of ketones is 1. The molecule has 0 N–H and O–H groups in total. The molecule has 0 radical (unpaired) electrons. The third kappa shape index (κ3) is 3.80. The van der Waals surface area contributed by atoms with E-state index in [1.807, 2.05) is 0 Å². The van der Waals surface area contributed by atoms with Crippen LogP contribution in [0, 0.1) is 0 Å². The largest absolute Gasteiger partial charge is 0.454 e. The van der Waals surface area contributed by atoms with E-state index in [2.05, 4.69) is 0 Å². The summed E-state index contributed by atoms with van der Waals surface area (Å²) in [6, 6.07) is 5.77. The summed E-state index contributed by atoms with van der Waals surface area (Å²) >= 11 is 0. The number of hydrogen-bond donors (Lipinski definition) is 0. The molecule has 20 heavy (non-hydrogen) atoms. The van der Waals surface area contributed by atoms with Crippen LogP contribution in [0.5, 0.6) is 0 Å². The highest BCUT2D eigenvalue weighted by Crippen LogP contribution is 2.25. The molecule has 0 atom stereocenters. The van der Waals surface area contributed by atoms with Gasteiger partial charge < -0.3 is 9.47 Å². The minimum absolute atomic E-state index is 0.296. The number of Topliss-reactive ketones (excluding diaryl/α,β-unsaturated/α-hetero) is 1. The number of carbonyl (C=O) groups is 1. The highest BCUT2D eigenvalue weighted by atomic mass is 19.4. The van der Waals surface area contributed by atoms with Crippen LogP contribution >= 0.6 is 0 Å². The van der Waals surface area contributed by atoms with Gasteiger partial charge in [0.2, 0.25) is 0 Å². The van der Waals surface area contributed by atoms with Crippen LogP contribution < -0.4 is 0 Å². The molecule has 2 rings (SSSR count). The van der Waals surface area contributed by atoms with E-state index in [4.69, 9.17) is 9.47 Å². The van der Waals surface area contributed by atoms with Gasteiger partial charge in [0.1, 0.15) is 0 Å². The first-order valence-corrected chi connectivity index (χ1v) is 6.41. The molecule has 0 aliphatic carbocycles. The van der Waals surface area contributed by atoms with Gasteiger partial charge in [-0.05, 0) is 18.4 Å². The number of ether oxygens (including phenoxy) is 2. The van der Waals surface area contributed by atoms with Crippen molar-refractivity contribution in [1.82, 2.24) is 0 Å². The number of rotatable bonds is 4. The van der Waals surface area contributed by atoms with Crippen molar-refractivity contribution < 1.29 is 27.4 Å². The fourth-order valence-corrected chi connectivity index (χ4v) is 2.09. The third-order valence-corrected chi connectivity index (χ3v) is 3.06. The second kappa shape index (κ2) is 6.37. The van der Waals surface area contributed by atoms with Crippen molar-refractivity contribution in [3.8, 4) is 0 Å². The quantitative estimate of drug-likeness (QED) is 0.799. The van der Waals surface area contributed by atoms with Crippen molar-refractivity contribution in [2.24, 2.45) is 0 Å². The maximum atomic E-state index is 12.5. The van der Waals surface area contributed by atoms with Crippen LogP contribution in [0.25, 0.3) is 0 Å². The molecule has 0 aromatic heterocycles. The van der Waals surface area contributed by atoms with E-state index < -0.39 is 18.2 Å². The molecule has 0 bridgehead atoms. The molecule has 1 aliphatic heterocycles. The van der Waals surface area contributed by atoms with Gasteiger partial charge in [-0.15, -0.1) is 0 Å². The predicted molar refractivity (Wildman–Crippen MR) is 65.5 cm³/mol. The van der Waals surface area contributed by atoms with Crippen molar-refractivity contribution in [2.75, 3.05) is 13.2 Å². The standard InChI is InChI=1S/C14H15F3O3/c15-14(16,17)13(18)11-5-2-1-4-10(11)6-7-12-19-8-3-9-20-12/h1-2,4-5,12H,3,6-9H2.